The molecule has 9 heteroatoms. The van der Waals surface area contributed by atoms with E-state index in [4.69, 9.17) is 4.74 Å². The first-order valence-corrected chi connectivity index (χ1v) is 8.45. The number of ether oxygens (including phenoxy) is 2. The van der Waals surface area contributed by atoms with Crippen LogP contribution in [0, 0.1) is 0 Å². The number of benzene rings is 1. The Morgan fingerprint density at radius 1 is 1.35 bits per heavy atom. The van der Waals surface area contributed by atoms with Crippen molar-refractivity contribution in [2.75, 3.05) is 27.3 Å². The molecule has 1 atom stereocenters. The smallest absolute Gasteiger partial charge is 0.337 e. The van der Waals surface area contributed by atoms with Crippen LogP contribution in [0.3, 0.4) is 0 Å². The van der Waals surface area contributed by atoms with Crippen molar-refractivity contribution in [2.24, 2.45) is 0 Å². The van der Waals surface area contributed by atoms with Crippen LogP contribution in [-0.4, -0.2) is 47.7 Å². The highest BCUT2D eigenvalue weighted by molar-refractivity contribution is 7.89. The average Bonchev–Trinajstić information content (AvgIpc) is 2.54. The molecule has 1 aromatic carbocycles. The van der Waals surface area contributed by atoms with Crippen molar-refractivity contribution < 1.29 is 22.7 Å². The lowest BCUT2D eigenvalue weighted by Gasteiger charge is -2.24. The van der Waals surface area contributed by atoms with Crippen molar-refractivity contribution in [1.82, 2.24) is 10.0 Å². The molecule has 0 aromatic heterocycles. The minimum absolute atomic E-state index is 0. The highest BCUT2D eigenvalue weighted by Crippen LogP contribution is 2.25. The van der Waals surface area contributed by atoms with Crippen LogP contribution < -0.4 is 14.8 Å². The standard InChI is InChI=1S/C14H20N2O5S.ClH/c1-20-12-8-10(14(17)21-2)5-6-13(12)22(18,19)16-11-4-3-7-15-9-11;/h5-6,8,11,15-16H,3-4,7,9H2,1-2H3;1H. The number of hydrogen-bond donors (Lipinski definition) is 2. The van der Waals surface area contributed by atoms with E-state index in [0.29, 0.717) is 6.54 Å². The van der Waals surface area contributed by atoms with Gasteiger partial charge in [0.1, 0.15) is 10.6 Å². The highest BCUT2D eigenvalue weighted by Gasteiger charge is 2.25. The zero-order chi connectivity index (χ0) is 16.2. The summed E-state index contributed by atoms with van der Waals surface area (Å²) in [6.07, 6.45) is 1.71. The number of esters is 1. The van der Waals surface area contributed by atoms with Gasteiger partial charge in [-0.25, -0.2) is 17.9 Å². The summed E-state index contributed by atoms with van der Waals surface area (Å²) in [5.41, 5.74) is 0.234. The third kappa shape index (κ3) is 4.81. The predicted octanol–water partition coefficient (Wildman–Crippen LogP) is 0.934. The molecule has 1 fully saturated rings. The number of hydrogen-bond acceptors (Lipinski definition) is 6. The molecule has 1 unspecified atom stereocenters. The van der Waals surface area contributed by atoms with E-state index in [-0.39, 0.29) is 34.7 Å². The topological polar surface area (TPSA) is 93.7 Å². The molecule has 0 radical (unpaired) electrons. The second kappa shape index (κ2) is 8.49. The van der Waals surface area contributed by atoms with E-state index in [1.54, 1.807) is 0 Å². The molecule has 2 rings (SSSR count). The zero-order valence-corrected chi connectivity index (χ0v) is 14.6. The van der Waals surface area contributed by atoms with Crippen molar-refractivity contribution >= 4 is 28.4 Å². The number of rotatable bonds is 5. The van der Waals surface area contributed by atoms with E-state index in [2.05, 4.69) is 14.8 Å². The molecular formula is C14H21ClN2O5S. The second-order valence-corrected chi connectivity index (χ2v) is 6.70. The van der Waals surface area contributed by atoms with Crippen LogP contribution in [0.5, 0.6) is 5.75 Å². The Morgan fingerprint density at radius 2 is 2.09 bits per heavy atom. The normalized spacial score (nSPS) is 17.9. The largest absolute Gasteiger partial charge is 0.495 e. The Kier molecular flexibility index (Phi) is 7.27. The Labute approximate surface area is 142 Å². The van der Waals surface area contributed by atoms with Gasteiger partial charge in [-0.3, -0.25) is 0 Å². The molecule has 1 aromatic rings. The van der Waals surface area contributed by atoms with Gasteiger partial charge in [-0.1, -0.05) is 0 Å². The van der Waals surface area contributed by atoms with E-state index < -0.39 is 16.0 Å². The van der Waals surface area contributed by atoms with Crippen molar-refractivity contribution in [3.63, 3.8) is 0 Å². The van der Waals surface area contributed by atoms with Crippen molar-refractivity contribution in [3.05, 3.63) is 23.8 Å². The highest BCUT2D eigenvalue weighted by atomic mass is 35.5. The van der Waals surface area contributed by atoms with Crippen LogP contribution in [0.15, 0.2) is 23.1 Å². The summed E-state index contributed by atoms with van der Waals surface area (Å²) < 4.78 is 37.4. The average molecular weight is 365 g/mol. The molecule has 0 saturated carbocycles. The van der Waals surface area contributed by atoms with Crippen LogP contribution in [0.4, 0.5) is 0 Å². The van der Waals surface area contributed by atoms with Crippen LogP contribution in [0.25, 0.3) is 0 Å². The van der Waals surface area contributed by atoms with Crippen LogP contribution in [0.1, 0.15) is 23.2 Å². The number of carbonyl (C=O) groups excluding carboxylic acids is 1. The molecule has 1 saturated heterocycles. The Hall–Kier alpha value is -1.35. The summed E-state index contributed by atoms with van der Waals surface area (Å²) in [6.45, 7) is 1.50. The first kappa shape index (κ1) is 19.7. The molecule has 1 heterocycles. The van der Waals surface area contributed by atoms with Gasteiger partial charge in [0.15, 0.2) is 0 Å². The fourth-order valence-electron chi connectivity index (χ4n) is 2.37. The van der Waals surface area contributed by atoms with Crippen LogP contribution in [-0.2, 0) is 14.8 Å². The number of nitrogens with one attached hydrogen (secondary N) is 2. The van der Waals surface area contributed by atoms with E-state index in [0.717, 1.165) is 19.4 Å². The first-order chi connectivity index (χ1) is 10.5. The Balaban J connectivity index is 0.00000264. The van der Waals surface area contributed by atoms with Crippen molar-refractivity contribution in [3.8, 4) is 5.75 Å². The maximum absolute atomic E-state index is 12.5. The molecule has 130 valence electrons. The predicted molar refractivity (Wildman–Crippen MR) is 87.8 cm³/mol. The maximum atomic E-state index is 12.5. The second-order valence-electron chi connectivity index (χ2n) is 5.02. The van der Waals surface area contributed by atoms with Crippen molar-refractivity contribution in [1.29, 1.82) is 0 Å². The lowest BCUT2D eigenvalue weighted by Crippen LogP contribution is -2.45. The van der Waals surface area contributed by atoms with E-state index in [9.17, 15) is 13.2 Å². The summed E-state index contributed by atoms with van der Waals surface area (Å²) in [5, 5.41) is 3.15. The SMILES string of the molecule is COC(=O)c1ccc(S(=O)(=O)NC2CCCNC2)c(OC)c1.Cl. The number of sulfonamides is 1. The lowest BCUT2D eigenvalue weighted by molar-refractivity contribution is 0.0600. The summed E-state index contributed by atoms with van der Waals surface area (Å²) in [6, 6.07) is 3.97. The molecule has 23 heavy (non-hydrogen) atoms. The molecule has 1 aliphatic heterocycles. The fraction of sp³-hybridized carbons (Fsp3) is 0.500. The molecule has 0 bridgehead atoms. The molecular weight excluding hydrogens is 344 g/mol. The third-order valence-electron chi connectivity index (χ3n) is 3.49. The Bertz CT molecular complexity index is 645. The van der Waals surface area contributed by atoms with Gasteiger partial charge in [-0.2, -0.15) is 0 Å². The van der Waals surface area contributed by atoms with Crippen LogP contribution in [0.2, 0.25) is 0 Å². The maximum Gasteiger partial charge on any atom is 0.337 e. The van der Waals surface area contributed by atoms with Gasteiger partial charge in [-0.15, -0.1) is 12.4 Å². The molecule has 0 amide bonds. The van der Waals surface area contributed by atoms with Gasteiger partial charge in [0.05, 0.1) is 19.8 Å². The van der Waals surface area contributed by atoms with Gasteiger partial charge in [0, 0.05) is 12.6 Å². The van der Waals surface area contributed by atoms with E-state index >= 15 is 0 Å². The Morgan fingerprint density at radius 3 is 2.65 bits per heavy atom. The summed E-state index contributed by atoms with van der Waals surface area (Å²) in [5.74, 6) is -0.439. The van der Waals surface area contributed by atoms with E-state index in [1.165, 1.54) is 32.4 Å². The number of methoxy groups -OCH3 is 2. The zero-order valence-electron chi connectivity index (χ0n) is 13.0. The number of piperidine rings is 1. The van der Waals surface area contributed by atoms with Gasteiger partial charge in [-0.05, 0) is 37.6 Å². The molecule has 2 N–H and O–H groups in total. The summed E-state index contributed by atoms with van der Waals surface area (Å²) >= 11 is 0. The number of carbonyl (C=O) groups is 1. The molecule has 1 aliphatic rings. The number of halogens is 1. The third-order valence-corrected chi connectivity index (χ3v) is 5.05. The van der Waals surface area contributed by atoms with Crippen molar-refractivity contribution in [2.45, 2.75) is 23.8 Å². The minimum atomic E-state index is -3.72. The molecule has 0 aliphatic carbocycles. The quantitative estimate of drug-likeness (QED) is 0.755. The monoisotopic (exact) mass is 364 g/mol. The first-order valence-electron chi connectivity index (χ1n) is 6.97. The molecule has 0 spiro atoms. The van der Waals surface area contributed by atoms with Gasteiger partial charge < -0.3 is 14.8 Å². The molecule has 7 nitrogen and oxygen atoms in total. The summed E-state index contributed by atoms with van der Waals surface area (Å²) in [4.78, 5) is 11.5. The minimum Gasteiger partial charge on any atom is -0.495 e. The van der Waals surface area contributed by atoms with Gasteiger partial charge >= 0.3 is 5.97 Å². The van der Waals surface area contributed by atoms with Crippen LogP contribution >= 0.6 is 12.4 Å². The van der Waals surface area contributed by atoms with Gasteiger partial charge in [0.25, 0.3) is 0 Å². The lowest BCUT2D eigenvalue weighted by atomic mass is 10.1. The van der Waals surface area contributed by atoms with Gasteiger partial charge in [0.2, 0.25) is 10.0 Å². The van der Waals surface area contributed by atoms with E-state index in [1.807, 2.05) is 0 Å². The fourth-order valence-corrected chi connectivity index (χ4v) is 3.79. The summed E-state index contributed by atoms with van der Waals surface area (Å²) in [7, 11) is -1.10.